The second kappa shape index (κ2) is 9.49. The highest BCUT2D eigenvalue weighted by Crippen LogP contribution is 2.16. The highest BCUT2D eigenvalue weighted by atomic mass is 32.2. The third kappa shape index (κ3) is 6.11. The summed E-state index contributed by atoms with van der Waals surface area (Å²) in [6.07, 6.45) is 2.07. The molecule has 0 atom stereocenters. The standard InChI is InChI=1S/C20H26N2O2S/c1-21(13-16-7-11-19(25-4)12-8-16)15-20(23)22(2)14-17-5-9-18(24-3)10-6-17/h5-12H,13-15H2,1-4H3. The van der Waals surface area contributed by atoms with Gasteiger partial charge in [0.25, 0.3) is 0 Å². The second-order valence-electron chi connectivity index (χ2n) is 6.12. The van der Waals surface area contributed by atoms with Gasteiger partial charge in [-0.1, -0.05) is 24.3 Å². The number of rotatable bonds is 8. The molecular formula is C20H26N2O2S. The molecule has 0 heterocycles. The van der Waals surface area contributed by atoms with Gasteiger partial charge in [0.15, 0.2) is 0 Å². The molecule has 2 aromatic rings. The molecule has 0 aliphatic carbocycles. The molecule has 0 bridgehead atoms. The van der Waals surface area contributed by atoms with Crippen LogP contribution < -0.4 is 4.74 Å². The molecule has 0 saturated carbocycles. The fourth-order valence-electron chi connectivity index (χ4n) is 2.54. The molecule has 0 aliphatic heterocycles. The van der Waals surface area contributed by atoms with Crippen molar-refractivity contribution in [1.82, 2.24) is 9.80 Å². The molecular weight excluding hydrogens is 332 g/mol. The van der Waals surface area contributed by atoms with E-state index in [9.17, 15) is 4.79 Å². The van der Waals surface area contributed by atoms with E-state index in [1.165, 1.54) is 10.5 Å². The van der Waals surface area contributed by atoms with E-state index in [2.05, 4.69) is 30.5 Å². The fourth-order valence-corrected chi connectivity index (χ4v) is 2.95. The van der Waals surface area contributed by atoms with E-state index in [0.717, 1.165) is 17.9 Å². The molecule has 2 rings (SSSR count). The lowest BCUT2D eigenvalue weighted by Crippen LogP contribution is -2.36. The van der Waals surface area contributed by atoms with Gasteiger partial charge in [-0.25, -0.2) is 0 Å². The monoisotopic (exact) mass is 358 g/mol. The van der Waals surface area contributed by atoms with Gasteiger partial charge in [0, 0.05) is 25.0 Å². The molecule has 0 fully saturated rings. The summed E-state index contributed by atoms with van der Waals surface area (Å²) >= 11 is 1.73. The Kier molecular flexibility index (Phi) is 7.34. The summed E-state index contributed by atoms with van der Waals surface area (Å²) in [7, 11) is 5.46. The molecule has 0 spiro atoms. The number of carbonyl (C=O) groups is 1. The van der Waals surface area contributed by atoms with Crippen LogP contribution in [0, 0.1) is 0 Å². The van der Waals surface area contributed by atoms with E-state index in [0.29, 0.717) is 13.1 Å². The van der Waals surface area contributed by atoms with E-state index < -0.39 is 0 Å². The number of nitrogens with zero attached hydrogens (tertiary/aromatic N) is 2. The Morgan fingerprint density at radius 2 is 1.52 bits per heavy atom. The molecule has 2 aromatic carbocycles. The Hall–Kier alpha value is -1.98. The number of hydrogen-bond acceptors (Lipinski definition) is 4. The van der Waals surface area contributed by atoms with Crippen molar-refractivity contribution in [1.29, 1.82) is 0 Å². The number of amides is 1. The van der Waals surface area contributed by atoms with Crippen LogP contribution in [0.5, 0.6) is 5.75 Å². The van der Waals surface area contributed by atoms with Gasteiger partial charge in [0.2, 0.25) is 5.91 Å². The van der Waals surface area contributed by atoms with Gasteiger partial charge in [-0.15, -0.1) is 11.8 Å². The molecule has 4 nitrogen and oxygen atoms in total. The minimum atomic E-state index is 0.110. The largest absolute Gasteiger partial charge is 0.497 e. The number of carbonyl (C=O) groups excluding carboxylic acids is 1. The molecule has 1 amide bonds. The molecule has 0 saturated heterocycles. The first kappa shape index (κ1) is 19.3. The van der Waals surface area contributed by atoms with Crippen LogP contribution in [-0.4, -0.2) is 49.7 Å². The Bertz CT molecular complexity index is 671. The Morgan fingerprint density at radius 1 is 0.960 bits per heavy atom. The lowest BCUT2D eigenvalue weighted by Gasteiger charge is -2.22. The summed E-state index contributed by atoms with van der Waals surface area (Å²) in [5.41, 5.74) is 2.30. The van der Waals surface area contributed by atoms with Crippen LogP contribution >= 0.6 is 11.8 Å². The zero-order valence-corrected chi connectivity index (χ0v) is 16.2. The van der Waals surface area contributed by atoms with Crippen molar-refractivity contribution >= 4 is 17.7 Å². The summed E-state index contributed by atoms with van der Waals surface area (Å²) < 4.78 is 5.16. The summed E-state index contributed by atoms with van der Waals surface area (Å²) in [5.74, 6) is 0.934. The van der Waals surface area contributed by atoms with Gasteiger partial charge in [-0.05, 0) is 48.7 Å². The molecule has 5 heteroatoms. The maximum atomic E-state index is 12.4. The van der Waals surface area contributed by atoms with E-state index in [4.69, 9.17) is 4.74 Å². The van der Waals surface area contributed by atoms with Gasteiger partial charge in [-0.2, -0.15) is 0 Å². The maximum absolute atomic E-state index is 12.4. The maximum Gasteiger partial charge on any atom is 0.236 e. The van der Waals surface area contributed by atoms with Crippen molar-refractivity contribution in [3.63, 3.8) is 0 Å². The van der Waals surface area contributed by atoms with Gasteiger partial charge >= 0.3 is 0 Å². The van der Waals surface area contributed by atoms with Crippen molar-refractivity contribution < 1.29 is 9.53 Å². The number of methoxy groups -OCH3 is 1. The number of thioether (sulfide) groups is 1. The number of hydrogen-bond donors (Lipinski definition) is 0. The van der Waals surface area contributed by atoms with Crippen molar-refractivity contribution in [3.05, 3.63) is 59.7 Å². The van der Waals surface area contributed by atoms with E-state index >= 15 is 0 Å². The highest BCUT2D eigenvalue weighted by Gasteiger charge is 2.12. The van der Waals surface area contributed by atoms with Crippen molar-refractivity contribution in [2.45, 2.75) is 18.0 Å². The quantitative estimate of drug-likeness (QED) is 0.676. The molecule has 0 radical (unpaired) electrons. The number of ether oxygens (including phenoxy) is 1. The minimum absolute atomic E-state index is 0.110. The Labute approximate surface area is 154 Å². The predicted molar refractivity (Wildman–Crippen MR) is 104 cm³/mol. The van der Waals surface area contributed by atoms with Gasteiger partial charge in [0.05, 0.1) is 13.7 Å². The highest BCUT2D eigenvalue weighted by molar-refractivity contribution is 7.98. The van der Waals surface area contributed by atoms with Crippen LogP contribution in [0.1, 0.15) is 11.1 Å². The lowest BCUT2D eigenvalue weighted by molar-refractivity contribution is -0.131. The van der Waals surface area contributed by atoms with Crippen LogP contribution in [0.3, 0.4) is 0 Å². The number of likely N-dealkylation sites (N-methyl/N-ethyl adjacent to an activating group) is 2. The van der Waals surface area contributed by atoms with Gasteiger partial charge < -0.3 is 9.64 Å². The van der Waals surface area contributed by atoms with Crippen molar-refractivity contribution in [2.24, 2.45) is 0 Å². The van der Waals surface area contributed by atoms with Crippen LogP contribution in [0.4, 0.5) is 0 Å². The van der Waals surface area contributed by atoms with E-state index in [-0.39, 0.29) is 5.91 Å². The third-order valence-corrected chi connectivity index (χ3v) is 4.76. The van der Waals surface area contributed by atoms with Gasteiger partial charge in [0.1, 0.15) is 5.75 Å². The van der Waals surface area contributed by atoms with Crippen LogP contribution in [0.15, 0.2) is 53.4 Å². The molecule has 0 unspecified atom stereocenters. The average Bonchev–Trinajstić information content (AvgIpc) is 2.62. The predicted octanol–water partition coefficient (Wildman–Crippen LogP) is 3.51. The SMILES string of the molecule is COc1ccc(CN(C)C(=O)CN(C)Cc2ccc(SC)cc2)cc1. The first-order chi connectivity index (χ1) is 12.0. The zero-order chi connectivity index (χ0) is 18.2. The second-order valence-corrected chi connectivity index (χ2v) is 7.00. The van der Waals surface area contributed by atoms with Crippen LogP contribution in [0.2, 0.25) is 0 Å². The van der Waals surface area contributed by atoms with E-state index in [1.807, 2.05) is 43.3 Å². The minimum Gasteiger partial charge on any atom is -0.497 e. The average molecular weight is 359 g/mol. The first-order valence-corrected chi connectivity index (χ1v) is 9.42. The molecule has 0 aromatic heterocycles. The third-order valence-electron chi connectivity index (χ3n) is 4.02. The van der Waals surface area contributed by atoms with Crippen LogP contribution in [0.25, 0.3) is 0 Å². The molecule has 25 heavy (non-hydrogen) atoms. The van der Waals surface area contributed by atoms with E-state index in [1.54, 1.807) is 23.8 Å². The van der Waals surface area contributed by atoms with Crippen LogP contribution in [-0.2, 0) is 17.9 Å². The first-order valence-electron chi connectivity index (χ1n) is 8.20. The summed E-state index contributed by atoms with van der Waals surface area (Å²) in [4.78, 5) is 17.5. The summed E-state index contributed by atoms with van der Waals surface area (Å²) in [6, 6.07) is 16.3. The summed E-state index contributed by atoms with van der Waals surface area (Å²) in [6.45, 7) is 1.76. The fraction of sp³-hybridized carbons (Fsp3) is 0.350. The Balaban J connectivity index is 1.84. The van der Waals surface area contributed by atoms with Crippen molar-refractivity contribution in [3.8, 4) is 5.75 Å². The normalized spacial score (nSPS) is 10.8. The topological polar surface area (TPSA) is 32.8 Å². The smallest absolute Gasteiger partial charge is 0.236 e. The molecule has 0 aliphatic rings. The lowest BCUT2D eigenvalue weighted by atomic mass is 10.2. The molecule has 134 valence electrons. The van der Waals surface area contributed by atoms with Crippen molar-refractivity contribution in [2.75, 3.05) is 34.0 Å². The molecule has 0 N–H and O–H groups in total. The summed E-state index contributed by atoms with van der Waals surface area (Å²) in [5, 5.41) is 0. The van der Waals surface area contributed by atoms with Gasteiger partial charge in [-0.3, -0.25) is 9.69 Å². The zero-order valence-electron chi connectivity index (χ0n) is 15.4. The Morgan fingerprint density at radius 3 is 2.08 bits per heavy atom. The number of benzene rings is 2.